The number of imide groups is 1. The predicted octanol–water partition coefficient (Wildman–Crippen LogP) is 2.66. The van der Waals surface area contributed by atoms with Crippen molar-refractivity contribution in [3.63, 3.8) is 0 Å². The normalized spacial score (nSPS) is 19.9. The summed E-state index contributed by atoms with van der Waals surface area (Å²) in [6.45, 7) is 6.95. The van der Waals surface area contributed by atoms with Gasteiger partial charge in [-0.25, -0.2) is 27.0 Å². The van der Waals surface area contributed by atoms with Crippen molar-refractivity contribution in [1.82, 2.24) is 46.6 Å². The average Bonchev–Trinajstić information content (AvgIpc) is 4.34. The van der Waals surface area contributed by atoms with E-state index in [0.717, 1.165) is 41.7 Å². The number of thioether (sulfide) groups is 1. The van der Waals surface area contributed by atoms with Crippen LogP contribution in [0.15, 0.2) is 60.8 Å². The summed E-state index contributed by atoms with van der Waals surface area (Å²) in [5, 5.41) is 18.1. The number of halogens is 3. The lowest BCUT2D eigenvalue weighted by molar-refractivity contribution is -0.137. The molecular weight excluding hydrogens is 1120 g/mol. The molecule has 2 saturated heterocycles. The summed E-state index contributed by atoms with van der Waals surface area (Å²) in [6, 6.07) is 5.82. The van der Waals surface area contributed by atoms with Crippen molar-refractivity contribution in [3.05, 3.63) is 83.6 Å². The van der Waals surface area contributed by atoms with Gasteiger partial charge in [-0.1, -0.05) is 32.9 Å². The molecule has 10 N–H and O–H groups in total. The molecule has 2 fully saturated rings. The van der Waals surface area contributed by atoms with Crippen LogP contribution in [0.5, 0.6) is 0 Å². The Morgan fingerprint density at radius 3 is 2.34 bits per heavy atom. The van der Waals surface area contributed by atoms with Gasteiger partial charge in [-0.05, 0) is 79.8 Å². The summed E-state index contributed by atoms with van der Waals surface area (Å²) in [7, 11) is 0. The molecule has 2 aromatic carbocycles. The number of nitrogens with one attached hydrogen (secondary N) is 7. The number of rotatable bonds is 30. The number of nitrogens with zero attached hydrogens (tertiary/aromatic N) is 3. The number of benzene rings is 2. The third-order valence-electron chi connectivity index (χ3n) is 14.3. The summed E-state index contributed by atoms with van der Waals surface area (Å²) < 4.78 is 78.0. The molecule has 9 amide bonds. The second-order valence-electron chi connectivity index (χ2n) is 20.7. The van der Waals surface area contributed by atoms with E-state index in [9.17, 15) is 51.5 Å². The zero-order chi connectivity index (χ0) is 59.5. The van der Waals surface area contributed by atoms with Crippen LogP contribution in [0.25, 0.3) is 5.70 Å². The summed E-state index contributed by atoms with van der Waals surface area (Å²) in [4.78, 5) is 108. The number of ether oxygens (including phenoxy) is 2. The summed E-state index contributed by atoms with van der Waals surface area (Å²) in [5.74, 6) is -5.84. The Labute approximate surface area is 480 Å². The van der Waals surface area contributed by atoms with Crippen LogP contribution in [0.3, 0.4) is 0 Å². The van der Waals surface area contributed by atoms with Gasteiger partial charge in [0.1, 0.15) is 42.7 Å². The van der Waals surface area contributed by atoms with Crippen molar-refractivity contribution < 1.29 is 69.8 Å². The van der Waals surface area contributed by atoms with Gasteiger partial charge in [0.2, 0.25) is 23.6 Å². The number of nitrogens with two attached hydrogens (primary N) is 1. The number of amides is 9. The smallest absolute Gasteiger partial charge is 0.407 e. The quantitative estimate of drug-likeness (QED) is 0.0309. The molecule has 82 heavy (non-hydrogen) atoms. The lowest BCUT2D eigenvalue weighted by Crippen LogP contribution is -2.61. The molecule has 4 aliphatic rings. The number of carbonyl (C=O) groups excluding carboxylic acids is 8. The highest BCUT2D eigenvalue weighted by Gasteiger charge is 2.44. The number of carbonyl (C=O) groups is 8. The Balaban J connectivity index is 1.00. The lowest BCUT2D eigenvalue weighted by atomic mass is 9.87. The number of alkyl carbamates (subject to hydrolysis) is 1. The van der Waals surface area contributed by atoms with Gasteiger partial charge in [-0.3, -0.25) is 33.7 Å². The minimum Gasteiger partial charge on any atom is -0.445 e. The standard InChI is InChI=1S/C54H74F3N11O12S2/c1-4-19-66-29-43(39-23-36(55)9-12-40(39)56)63-50(66)49(34-15-20-79-21-16-34)68(27-35-25-59-26-41(35)57)47(72)31-81-22-18-61-54(76)80-30-33-7-10-37(11-8-33)62-51(73)42(6-5-17-60-53(58)75)64-52(74)48(32(2)3)65-44(69)24-38(82(77)78)28-67-45(70)13-14-46(67)71/h7-14,23,29,32,34-35,38,41-42,48-50,59,63H,4-6,15-22,24-28,30-31H2,1-3H3,(H,61,76)(H,62,73)(H,64,74)(H,65,69)(H,77,78)(H3,58,60,75)/t35?,38?,41?,42-,48?,49?,50?/m0/s1. The van der Waals surface area contributed by atoms with Crippen LogP contribution in [-0.2, 0) is 55.9 Å². The van der Waals surface area contributed by atoms with Crippen molar-refractivity contribution in [2.45, 2.75) is 102 Å². The number of urea groups is 1. The third kappa shape index (κ3) is 18.9. The van der Waals surface area contributed by atoms with Crippen LogP contribution in [0.2, 0.25) is 0 Å². The van der Waals surface area contributed by atoms with Crippen molar-refractivity contribution in [1.29, 1.82) is 0 Å². The minimum absolute atomic E-state index is 0.0118. The van der Waals surface area contributed by atoms with E-state index in [1.807, 2.05) is 11.8 Å². The van der Waals surface area contributed by atoms with Crippen molar-refractivity contribution in [3.8, 4) is 0 Å². The fraction of sp³-hybridized carbons (Fsp3) is 0.556. The first kappa shape index (κ1) is 64.4. The SMILES string of the molecule is CCCN1C=C(c2cc(F)ccc2F)NC1C(C1CCOCC1)N(CC1CNCC1F)C(=O)CSCCNC(=O)OCc1ccc(NC(=O)[C@H](CCCNC(N)=O)NC(=O)C(NC(=O)CC(CN2C(=O)C=CC2=O)S(=O)O)C(C)C)cc1. The highest BCUT2D eigenvalue weighted by atomic mass is 32.2. The van der Waals surface area contributed by atoms with Crippen molar-refractivity contribution in [2.75, 3.05) is 75.8 Å². The second-order valence-corrected chi connectivity index (χ2v) is 23.0. The first-order chi connectivity index (χ1) is 39.2. The second kappa shape index (κ2) is 31.6. The van der Waals surface area contributed by atoms with E-state index in [4.69, 9.17) is 15.2 Å². The van der Waals surface area contributed by atoms with E-state index in [-0.39, 0.29) is 68.8 Å². The topological polar surface area (TPSA) is 312 Å². The molecule has 28 heteroatoms. The van der Waals surface area contributed by atoms with Gasteiger partial charge in [0.05, 0.1) is 22.7 Å². The van der Waals surface area contributed by atoms with E-state index in [2.05, 4.69) is 37.2 Å². The Morgan fingerprint density at radius 1 is 0.976 bits per heavy atom. The molecule has 7 unspecified atom stereocenters. The highest BCUT2D eigenvalue weighted by Crippen LogP contribution is 2.34. The largest absolute Gasteiger partial charge is 0.445 e. The molecule has 0 spiro atoms. The number of anilines is 1. The number of hydrogen-bond donors (Lipinski definition) is 9. The Morgan fingerprint density at radius 2 is 1.70 bits per heavy atom. The number of alkyl halides is 1. The Bertz CT molecular complexity index is 2650. The predicted molar refractivity (Wildman–Crippen MR) is 300 cm³/mol. The molecule has 4 heterocycles. The maximum absolute atomic E-state index is 15.3. The molecule has 8 atom stereocenters. The molecule has 6 rings (SSSR count). The Kier molecular flexibility index (Phi) is 24.8. The Hall–Kier alpha value is -6.75. The van der Waals surface area contributed by atoms with E-state index < -0.39 is 125 Å². The summed E-state index contributed by atoms with van der Waals surface area (Å²) >= 11 is -1.35. The van der Waals surface area contributed by atoms with Gasteiger partial charge in [0, 0.05) is 107 Å². The minimum atomic E-state index is -2.64. The molecule has 4 aliphatic heterocycles. The maximum Gasteiger partial charge on any atom is 0.407 e. The van der Waals surface area contributed by atoms with E-state index in [1.165, 1.54) is 11.8 Å². The van der Waals surface area contributed by atoms with Crippen LogP contribution in [0.1, 0.15) is 70.4 Å². The van der Waals surface area contributed by atoms with Crippen molar-refractivity contribution >= 4 is 81.8 Å². The highest BCUT2D eigenvalue weighted by molar-refractivity contribution is 7.99. The molecule has 23 nitrogen and oxygen atoms in total. The molecule has 0 aromatic heterocycles. The molecule has 0 bridgehead atoms. The first-order valence-electron chi connectivity index (χ1n) is 27.3. The van der Waals surface area contributed by atoms with Gasteiger partial charge in [0.25, 0.3) is 11.8 Å². The average molecular weight is 1190 g/mol. The first-order valence-corrected chi connectivity index (χ1v) is 29.6. The lowest BCUT2D eigenvalue weighted by Gasteiger charge is -2.45. The van der Waals surface area contributed by atoms with Gasteiger partial charge in [-0.15, -0.1) is 0 Å². The zero-order valence-electron chi connectivity index (χ0n) is 46.0. The van der Waals surface area contributed by atoms with Gasteiger partial charge in [-0.2, -0.15) is 11.8 Å². The summed E-state index contributed by atoms with van der Waals surface area (Å²) in [6.07, 6.45) is 2.89. The van der Waals surface area contributed by atoms with E-state index in [1.54, 1.807) is 49.2 Å². The fourth-order valence-electron chi connectivity index (χ4n) is 10.0. The van der Waals surface area contributed by atoms with Crippen LogP contribution in [-0.4, -0.2) is 177 Å². The monoisotopic (exact) mass is 1190 g/mol. The van der Waals surface area contributed by atoms with Crippen molar-refractivity contribution in [2.24, 2.45) is 23.5 Å². The number of hydrogen-bond acceptors (Lipinski definition) is 15. The molecule has 0 aliphatic carbocycles. The van der Waals surface area contributed by atoms with E-state index >= 15 is 8.78 Å². The summed E-state index contributed by atoms with van der Waals surface area (Å²) in [5.41, 5.74) is 6.50. The maximum atomic E-state index is 15.3. The van der Waals surface area contributed by atoms with Gasteiger partial charge < -0.3 is 66.8 Å². The molecule has 0 radical (unpaired) electrons. The number of primary amides is 1. The van der Waals surface area contributed by atoms with Gasteiger partial charge in [0.15, 0.2) is 11.1 Å². The van der Waals surface area contributed by atoms with E-state index in [0.29, 0.717) is 61.8 Å². The van der Waals surface area contributed by atoms with Crippen LogP contribution in [0, 0.1) is 29.4 Å². The molecule has 450 valence electrons. The molecule has 0 saturated carbocycles. The molecular formula is C54H74F3N11O12S2. The van der Waals surface area contributed by atoms with Crippen LogP contribution < -0.4 is 43.0 Å². The molecule has 2 aromatic rings. The fourth-order valence-corrected chi connectivity index (χ4v) is 11.3. The zero-order valence-corrected chi connectivity index (χ0v) is 47.6. The van der Waals surface area contributed by atoms with Crippen LogP contribution >= 0.6 is 11.8 Å². The van der Waals surface area contributed by atoms with Crippen LogP contribution in [0.4, 0.5) is 28.4 Å². The van der Waals surface area contributed by atoms with Gasteiger partial charge >= 0.3 is 12.1 Å². The third-order valence-corrected chi connectivity index (χ3v) is 16.1.